The number of hydrogen-bond donors (Lipinski definition) is 1. The van der Waals surface area contributed by atoms with E-state index in [1.165, 1.54) is 6.92 Å². The molecule has 1 unspecified atom stereocenters. The van der Waals surface area contributed by atoms with Crippen LogP contribution in [0.5, 0.6) is 0 Å². The van der Waals surface area contributed by atoms with Crippen LogP contribution in [0.1, 0.15) is 12.5 Å². The van der Waals surface area contributed by atoms with E-state index in [-0.39, 0.29) is 6.61 Å². The molecule has 5 heteroatoms. The molecule has 1 atom stereocenters. The van der Waals surface area contributed by atoms with Crippen LogP contribution in [0, 0.1) is 0 Å². The van der Waals surface area contributed by atoms with Gasteiger partial charge in [0.25, 0.3) is 0 Å². The molecule has 3 nitrogen and oxygen atoms in total. The van der Waals surface area contributed by atoms with Crippen LogP contribution < -0.4 is 0 Å². The van der Waals surface area contributed by atoms with Crippen molar-refractivity contribution in [2.45, 2.75) is 19.6 Å². The van der Waals surface area contributed by atoms with E-state index in [4.69, 9.17) is 33.0 Å². The molecule has 0 fully saturated rings. The van der Waals surface area contributed by atoms with Gasteiger partial charge >= 0.3 is 5.97 Å². The topological polar surface area (TPSA) is 46.5 Å². The first-order chi connectivity index (χ1) is 7.00. The highest BCUT2D eigenvalue weighted by atomic mass is 35.5. The van der Waals surface area contributed by atoms with E-state index in [2.05, 4.69) is 0 Å². The van der Waals surface area contributed by atoms with Gasteiger partial charge in [0.1, 0.15) is 0 Å². The van der Waals surface area contributed by atoms with Crippen molar-refractivity contribution in [2.75, 3.05) is 0 Å². The minimum absolute atomic E-state index is 0.132. The Labute approximate surface area is 97.6 Å². The second-order valence-corrected chi connectivity index (χ2v) is 3.87. The minimum atomic E-state index is -1.01. The average Bonchev–Trinajstić information content (AvgIpc) is 2.18. The van der Waals surface area contributed by atoms with Gasteiger partial charge in [0, 0.05) is 10.0 Å². The van der Waals surface area contributed by atoms with Gasteiger partial charge in [0.15, 0.2) is 6.10 Å². The van der Waals surface area contributed by atoms with Crippen LogP contribution >= 0.6 is 23.2 Å². The molecule has 0 saturated heterocycles. The monoisotopic (exact) mass is 248 g/mol. The van der Waals surface area contributed by atoms with Crippen molar-refractivity contribution in [2.24, 2.45) is 0 Å². The molecule has 0 amide bonds. The molecule has 0 aliphatic carbocycles. The van der Waals surface area contributed by atoms with E-state index >= 15 is 0 Å². The van der Waals surface area contributed by atoms with Gasteiger partial charge in [-0.05, 0) is 30.7 Å². The number of halogens is 2. The van der Waals surface area contributed by atoms with Crippen LogP contribution in [0.4, 0.5) is 0 Å². The van der Waals surface area contributed by atoms with Crippen LogP contribution in [0.3, 0.4) is 0 Å². The number of carboxylic acids is 1. The fraction of sp³-hybridized carbons (Fsp3) is 0.300. The Morgan fingerprint density at radius 1 is 1.53 bits per heavy atom. The quantitative estimate of drug-likeness (QED) is 0.892. The maximum absolute atomic E-state index is 10.5. The normalized spacial score (nSPS) is 12.5. The highest BCUT2D eigenvalue weighted by Gasteiger charge is 2.12. The molecular formula is C10H10Cl2O3. The lowest BCUT2D eigenvalue weighted by atomic mass is 10.2. The van der Waals surface area contributed by atoms with Crippen LogP contribution in [-0.2, 0) is 16.1 Å². The van der Waals surface area contributed by atoms with E-state index in [1.807, 2.05) is 0 Å². The van der Waals surface area contributed by atoms with E-state index in [0.29, 0.717) is 15.6 Å². The Kier molecular flexibility index (Phi) is 4.39. The first-order valence-electron chi connectivity index (χ1n) is 4.29. The third kappa shape index (κ3) is 3.70. The molecule has 1 aromatic carbocycles. The lowest BCUT2D eigenvalue weighted by molar-refractivity contribution is -0.149. The zero-order valence-electron chi connectivity index (χ0n) is 8.04. The zero-order chi connectivity index (χ0) is 11.4. The first kappa shape index (κ1) is 12.3. The Balaban J connectivity index is 2.65. The predicted molar refractivity (Wildman–Crippen MR) is 58.3 cm³/mol. The number of rotatable bonds is 4. The van der Waals surface area contributed by atoms with Crippen molar-refractivity contribution in [3.8, 4) is 0 Å². The molecule has 0 spiro atoms. The van der Waals surface area contributed by atoms with Crippen molar-refractivity contribution >= 4 is 29.2 Å². The Hall–Kier alpha value is -0.770. The molecule has 1 aromatic rings. The first-order valence-corrected chi connectivity index (χ1v) is 5.04. The second kappa shape index (κ2) is 5.35. The fourth-order valence-electron chi connectivity index (χ4n) is 0.940. The highest BCUT2D eigenvalue weighted by Crippen LogP contribution is 2.21. The van der Waals surface area contributed by atoms with E-state index in [0.717, 1.165) is 0 Å². The number of benzene rings is 1. The molecule has 82 valence electrons. The largest absolute Gasteiger partial charge is 0.479 e. The van der Waals surface area contributed by atoms with Gasteiger partial charge in [-0.1, -0.05) is 23.2 Å². The van der Waals surface area contributed by atoms with E-state index < -0.39 is 12.1 Å². The van der Waals surface area contributed by atoms with Crippen LogP contribution in [0.2, 0.25) is 10.0 Å². The summed E-state index contributed by atoms with van der Waals surface area (Å²) < 4.78 is 5.08. The number of carbonyl (C=O) groups is 1. The summed E-state index contributed by atoms with van der Waals surface area (Å²) in [4.78, 5) is 10.5. The van der Waals surface area contributed by atoms with Crippen molar-refractivity contribution in [1.29, 1.82) is 0 Å². The smallest absolute Gasteiger partial charge is 0.332 e. The molecule has 0 aliphatic rings. The summed E-state index contributed by atoms with van der Waals surface area (Å²) in [6.45, 7) is 1.59. The molecule has 0 saturated carbocycles. The van der Waals surface area contributed by atoms with Gasteiger partial charge in [0.05, 0.1) is 6.61 Å². The van der Waals surface area contributed by atoms with Gasteiger partial charge < -0.3 is 9.84 Å². The van der Waals surface area contributed by atoms with Crippen molar-refractivity contribution in [3.05, 3.63) is 33.8 Å². The molecule has 0 heterocycles. The number of aliphatic carboxylic acids is 1. The van der Waals surface area contributed by atoms with Gasteiger partial charge in [-0.15, -0.1) is 0 Å². The molecule has 0 aromatic heterocycles. The van der Waals surface area contributed by atoms with Crippen molar-refractivity contribution in [3.63, 3.8) is 0 Å². The van der Waals surface area contributed by atoms with Crippen LogP contribution in [0.25, 0.3) is 0 Å². The number of hydrogen-bond acceptors (Lipinski definition) is 2. The SMILES string of the molecule is CC(OCc1cc(Cl)ccc1Cl)C(=O)O. The average molecular weight is 249 g/mol. The molecule has 0 bridgehead atoms. The van der Waals surface area contributed by atoms with Gasteiger partial charge in [-0.2, -0.15) is 0 Å². The predicted octanol–water partition coefficient (Wildman–Crippen LogP) is 2.98. The summed E-state index contributed by atoms with van der Waals surface area (Å²) in [6.07, 6.45) is -0.861. The van der Waals surface area contributed by atoms with Gasteiger partial charge in [-0.3, -0.25) is 0 Å². The van der Waals surface area contributed by atoms with Crippen molar-refractivity contribution < 1.29 is 14.6 Å². The summed E-state index contributed by atoms with van der Waals surface area (Å²) >= 11 is 11.6. The Morgan fingerprint density at radius 3 is 2.80 bits per heavy atom. The number of carboxylic acid groups (broad SMARTS) is 1. The summed E-state index contributed by atoms with van der Waals surface area (Å²) in [5.74, 6) is -1.01. The van der Waals surface area contributed by atoms with E-state index in [9.17, 15) is 4.79 Å². The molecule has 1 N–H and O–H groups in total. The standard InChI is InChI=1S/C10H10Cl2O3/c1-6(10(13)14)15-5-7-4-8(11)2-3-9(7)12/h2-4,6H,5H2,1H3,(H,13,14). The highest BCUT2D eigenvalue weighted by molar-refractivity contribution is 6.33. The van der Waals surface area contributed by atoms with Crippen LogP contribution in [0.15, 0.2) is 18.2 Å². The maximum Gasteiger partial charge on any atom is 0.332 e. The van der Waals surface area contributed by atoms with Gasteiger partial charge in [0.2, 0.25) is 0 Å². The maximum atomic E-state index is 10.5. The van der Waals surface area contributed by atoms with Crippen molar-refractivity contribution in [1.82, 2.24) is 0 Å². The summed E-state index contributed by atoms with van der Waals surface area (Å²) in [6, 6.07) is 4.96. The lowest BCUT2D eigenvalue weighted by Gasteiger charge is -2.09. The second-order valence-electron chi connectivity index (χ2n) is 3.03. The van der Waals surface area contributed by atoms with Gasteiger partial charge in [-0.25, -0.2) is 4.79 Å². The fourth-order valence-corrected chi connectivity index (χ4v) is 1.31. The number of ether oxygens (including phenoxy) is 1. The third-order valence-corrected chi connectivity index (χ3v) is 2.45. The summed E-state index contributed by atoms with van der Waals surface area (Å²) in [5, 5.41) is 9.65. The molecule has 1 rings (SSSR count). The molecule has 0 aliphatic heterocycles. The molecular weight excluding hydrogens is 239 g/mol. The summed E-state index contributed by atoms with van der Waals surface area (Å²) in [7, 11) is 0. The lowest BCUT2D eigenvalue weighted by Crippen LogP contribution is -2.19. The van der Waals surface area contributed by atoms with E-state index in [1.54, 1.807) is 18.2 Å². The summed E-state index contributed by atoms with van der Waals surface area (Å²) in [5.41, 5.74) is 0.678. The van der Waals surface area contributed by atoms with Crippen LogP contribution in [-0.4, -0.2) is 17.2 Å². The Morgan fingerprint density at radius 2 is 2.20 bits per heavy atom. The molecule has 15 heavy (non-hydrogen) atoms. The zero-order valence-corrected chi connectivity index (χ0v) is 9.55. The Bertz CT molecular complexity index is 366. The third-order valence-electron chi connectivity index (χ3n) is 1.84. The minimum Gasteiger partial charge on any atom is -0.479 e. The molecule has 0 radical (unpaired) electrons.